The van der Waals surface area contributed by atoms with Crippen LogP contribution in [0.1, 0.15) is 21.2 Å². The predicted octanol–water partition coefficient (Wildman–Crippen LogP) is -1.87. The smallest absolute Gasteiger partial charge is 1.00 e. The van der Waals surface area contributed by atoms with Crippen LogP contribution in [0.3, 0.4) is 0 Å². The van der Waals surface area contributed by atoms with Crippen molar-refractivity contribution in [3.8, 4) is 0 Å². The average Bonchev–Trinajstić information content (AvgIpc) is 1.95. The summed E-state index contributed by atoms with van der Waals surface area (Å²) in [4.78, 5) is 10.7. The van der Waals surface area contributed by atoms with Crippen molar-refractivity contribution >= 4 is 17.7 Å². The van der Waals surface area contributed by atoms with Crippen molar-refractivity contribution in [2.75, 3.05) is 12.3 Å². The van der Waals surface area contributed by atoms with Gasteiger partial charge in [-0.25, -0.2) is 0 Å². The van der Waals surface area contributed by atoms with Gasteiger partial charge in [-0.15, -0.1) is 11.8 Å². The molecule has 0 aromatic rings. The first-order valence-corrected chi connectivity index (χ1v) is 4.78. The number of carbonyl (C=O) groups excluding carboxylic acids is 1. The summed E-state index contributed by atoms with van der Waals surface area (Å²) in [5, 5.41) is 3.00. The monoisotopic (exact) mass is 183 g/mol. The first-order chi connectivity index (χ1) is 4.84. The van der Waals surface area contributed by atoms with Gasteiger partial charge in [0.2, 0.25) is 5.91 Å². The molecule has 1 fully saturated rings. The maximum absolute atomic E-state index is 10.7. The maximum atomic E-state index is 10.7. The molecule has 4 heteroatoms. The van der Waals surface area contributed by atoms with E-state index in [9.17, 15) is 4.79 Å². The van der Waals surface area contributed by atoms with Crippen molar-refractivity contribution in [3.63, 3.8) is 0 Å². The molecule has 2 nitrogen and oxygen atoms in total. The van der Waals surface area contributed by atoms with E-state index in [-0.39, 0.29) is 42.1 Å². The molecule has 0 aromatic heterocycles. The number of hydrogen-bond donors (Lipinski definition) is 1. The molecule has 0 radical (unpaired) electrons. The number of carbonyl (C=O) groups is 1. The second-order valence-corrected chi connectivity index (χ2v) is 3.77. The maximum Gasteiger partial charge on any atom is 1.00 e. The van der Waals surface area contributed by atoms with Crippen LogP contribution in [0.2, 0.25) is 0 Å². The molecule has 0 bridgehead atoms. The summed E-state index contributed by atoms with van der Waals surface area (Å²) in [6.45, 7) is 3.05. The molecule has 0 spiro atoms. The van der Waals surface area contributed by atoms with Gasteiger partial charge in [-0.05, 0) is 12.2 Å². The topological polar surface area (TPSA) is 29.1 Å². The van der Waals surface area contributed by atoms with Crippen LogP contribution < -0.4 is 34.9 Å². The standard InChI is InChI=1S/C7H13NOS.Na.H/c1-2-3-4-10-6-5-8-7(6)9;;/h6H,2-5H2,1H3,(H,8,9);;/q;+1;-1. The second kappa shape index (κ2) is 6.35. The van der Waals surface area contributed by atoms with E-state index in [0.717, 1.165) is 12.3 Å². The number of thioether (sulfide) groups is 1. The quantitative estimate of drug-likeness (QED) is 0.314. The van der Waals surface area contributed by atoms with E-state index in [1.54, 1.807) is 11.8 Å². The molecule has 0 saturated carbocycles. The minimum atomic E-state index is 0. The third kappa shape index (κ3) is 3.83. The minimum absolute atomic E-state index is 0. The number of amides is 1. The van der Waals surface area contributed by atoms with Gasteiger partial charge in [0.25, 0.3) is 0 Å². The van der Waals surface area contributed by atoms with Gasteiger partial charge in [0.15, 0.2) is 0 Å². The third-order valence-electron chi connectivity index (χ3n) is 1.57. The van der Waals surface area contributed by atoms with E-state index in [1.165, 1.54) is 12.8 Å². The van der Waals surface area contributed by atoms with Crippen molar-refractivity contribution < 1.29 is 35.8 Å². The van der Waals surface area contributed by atoms with E-state index in [0.29, 0.717) is 0 Å². The Kier molecular flexibility index (Phi) is 6.82. The van der Waals surface area contributed by atoms with Crippen LogP contribution in [0.25, 0.3) is 0 Å². The SMILES string of the molecule is CCCCSC1CNC1=O.[H-].[Na+]. The van der Waals surface area contributed by atoms with Crippen LogP contribution in [0.5, 0.6) is 0 Å². The van der Waals surface area contributed by atoms with Gasteiger partial charge in [-0.3, -0.25) is 4.79 Å². The Balaban J connectivity index is 0. The molecule has 1 unspecified atom stereocenters. The van der Waals surface area contributed by atoms with E-state index >= 15 is 0 Å². The summed E-state index contributed by atoms with van der Waals surface area (Å²) in [5.74, 6) is 1.36. The van der Waals surface area contributed by atoms with Crippen molar-refractivity contribution in [2.45, 2.75) is 25.0 Å². The molecule has 1 aliphatic heterocycles. The Morgan fingerprint density at radius 2 is 2.55 bits per heavy atom. The van der Waals surface area contributed by atoms with Crippen LogP contribution in [-0.4, -0.2) is 23.5 Å². The van der Waals surface area contributed by atoms with Gasteiger partial charge in [0.05, 0.1) is 0 Å². The number of hydrogen-bond acceptors (Lipinski definition) is 2. The summed E-state index contributed by atoms with van der Waals surface area (Å²) < 4.78 is 0. The van der Waals surface area contributed by atoms with Crippen molar-refractivity contribution in [3.05, 3.63) is 0 Å². The predicted molar refractivity (Wildman–Crippen MR) is 45.3 cm³/mol. The molecule has 1 heterocycles. The van der Waals surface area contributed by atoms with Crippen LogP contribution in [0, 0.1) is 0 Å². The average molecular weight is 183 g/mol. The van der Waals surface area contributed by atoms with E-state index in [2.05, 4.69) is 12.2 Å². The molecule has 1 N–H and O–H groups in total. The summed E-state index contributed by atoms with van der Waals surface area (Å²) in [5.41, 5.74) is 0. The molecule has 0 aliphatic carbocycles. The van der Waals surface area contributed by atoms with Crippen molar-refractivity contribution in [1.29, 1.82) is 0 Å². The zero-order valence-corrected chi connectivity index (χ0v) is 10.0. The molecular weight excluding hydrogens is 169 g/mol. The first-order valence-electron chi connectivity index (χ1n) is 3.74. The third-order valence-corrected chi connectivity index (χ3v) is 2.88. The van der Waals surface area contributed by atoms with Gasteiger partial charge in [0, 0.05) is 6.54 Å². The Morgan fingerprint density at radius 3 is 2.91 bits per heavy atom. The van der Waals surface area contributed by atoms with Crippen LogP contribution >= 0.6 is 11.8 Å². The van der Waals surface area contributed by atoms with Crippen LogP contribution in [-0.2, 0) is 4.79 Å². The van der Waals surface area contributed by atoms with Gasteiger partial charge in [0.1, 0.15) is 5.25 Å². The second-order valence-electron chi connectivity index (χ2n) is 2.46. The molecule has 11 heavy (non-hydrogen) atoms. The zero-order chi connectivity index (χ0) is 7.40. The fraction of sp³-hybridized carbons (Fsp3) is 0.857. The van der Waals surface area contributed by atoms with Gasteiger partial charge >= 0.3 is 29.6 Å². The molecule has 60 valence electrons. The first kappa shape index (κ1) is 11.8. The normalized spacial score (nSPS) is 21.5. The Labute approximate surface area is 95.7 Å². The zero-order valence-electron chi connectivity index (χ0n) is 8.22. The number of β-lactam (4-membered cyclic amide) rings is 1. The fourth-order valence-corrected chi connectivity index (χ4v) is 1.95. The Bertz CT molecular complexity index is 137. The van der Waals surface area contributed by atoms with Gasteiger partial charge < -0.3 is 6.74 Å². The van der Waals surface area contributed by atoms with Gasteiger partial charge in [-0.2, -0.15) is 0 Å². The van der Waals surface area contributed by atoms with Crippen molar-refractivity contribution in [1.82, 2.24) is 5.32 Å². The van der Waals surface area contributed by atoms with Crippen molar-refractivity contribution in [2.24, 2.45) is 0 Å². The Morgan fingerprint density at radius 1 is 1.82 bits per heavy atom. The summed E-state index contributed by atoms with van der Waals surface area (Å²) in [6, 6.07) is 0. The fourth-order valence-electron chi connectivity index (χ4n) is 0.773. The molecule has 1 atom stereocenters. The molecule has 1 saturated heterocycles. The molecule has 1 amide bonds. The van der Waals surface area contributed by atoms with Crippen LogP contribution in [0.15, 0.2) is 0 Å². The molecule has 1 aliphatic rings. The van der Waals surface area contributed by atoms with E-state index < -0.39 is 0 Å². The van der Waals surface area contributed by atoms with Gasteiger partial charge in [-0.1, -0.05) is 13.3 Å². The van der Waals surface area contributed by atoms with E-state index in [1.807, 2.05) is 0 Å². The summed E-state index contributed by atoms with van der Waals surface area (Å²) in [7, 11) is 0. The molecular formula is C7H14NNaOS. The number of unbranched alkanes of at least 4 members (excludes halogenated alkanes) is 1. The number of rotatable bonds is 4. The minimum Gasteiger partial charge on any atom is -1.00 e. The summed E-state index contributed by atoms with van der Waals surface area (Å²) >= 11 is 1.78. The Hall–Kier alpha value is 0.820. The molecule has 0 aromatic carbocycles. The van der Waals surface area contributed by atoms with E-state index in [4.69, 9.17) is 0 Å². The molecule has 1 rings (SSSR count). The summed E-state index contributed by atoms with van der Waals surface area (Å²) in [6.07, 6.45) is 2.45. The number of nitrogens with one attached hydrogen (secondary N) is 1. The largest absolute Gasteiger partial charge is 1.00 e. The van der Waals surface area contributed by atoms with Crippen LogP contribution in [0.4, 0.5) is 0 Å².